The molecule has 2 aromatic rings. The van der Waals surface area contributed by atoms with Gasteiger partial charge in [0.25, 0.3) is 10.0 Å². The Morgan fingerprint density at radius 3 is 2.46 bits per heavy atom. The Bertz CT molecular complexity index is 1240. The molecule has 0 radical (unpaired) electrons. The van der Waals surface area contributed by atoms with Crippen LogP contribution in [0.2, 0.25) is 0 Å². The zero-order chi connectivity index (χ0) is 25.6. The highest BCUT2D eigenvalue weighted by atomic mass is 32.2. The number of nitrogens with zero attached hydrogens (tertiary/aromatic N) is 2. The molecule has 1 aromatic heterocycles. The summed E-state index contributed by atoms with van der Waals surface area (Å²) in [7, 11) is -3.99. The molecule has 2 N–H and O–H groups in total. The van der Waals surface area contributed by atoms with Gasteiger partial charge in [0.1, 0.15) is 17.4 Å². The fourth-order valence-corrected chi connectivity index (χ4v) is 5.68. The fraction of sp³-hybridized carbons (Fsp3) is 0.423. The molecule has 9 heteroatoms. The number of nitriles is 1. The van der Waals surface area contributed by atoms with Crippen LogP contribution in [-0.4, -0.2) is 30.1 Å². The Kier molecular flexibility index (Phi) is 8.18. The predicted octanol–water partition coefficient (Wildman–Crippen LogP) is 5.35. The number of rotatable bonds is 10. The van der Waals surface area contributed by atoms with Gasteiger partial charge in [-0.25, -0.2) is 9.78 Å². The number of hydrogen-bond acceptors (Lipinski definition) is 7. The van der Waals surface area contributed by atoms with E-state index in [4.69, 9.17) is 10.00 Å². The molecule has 0 amide bonds. The van der Waals surface area contributed by atoms with Gasteiger partial charge in [0.2, 0.25) is 0 Å². The second kappa shape index (κ2) is 10.9. The van der Waals surface area contributed by atoms with Crippen LogP contribution in [0.15, 0.2) is 59.0 Å². The molecular weight excluding hydrogens is 466 g/mol. The molecule has 8 nitrogen and oxygen atoms in total. The number of esters is 1. The summed E-state index contributed by atoms with van der Waals surface area (Å²) in [4.78, 5) is 17.0. The molecule has 2 heterocycles. The minimum Gasteiger partial charge on any atom is -0.512 e. The molecule has 1 aliphatic rings. The van der Waals surface area contributed by atoms with Crippen molar-refractivity contribution >= 4 is 21.7 Å². The van der Waals surface area contributed by atoms with Gasteiger partial charge in [0, 0.05) is 24.2 Å². The van der Waals surface area contributed by atoms with Crippen molar-refractivity contribution in [1.29, 1.82) is 5.26 Å². The van der Waals surface area contributed by atoms with Crippen molar-refractivity contribution in [3.8, 4) is 6.07 Å². The molecule has 3 rings (SSSR count). The number of carbonyl (C=O) groups is 1. The molecule has 35 heavy (non-hydrogen) atoms. The Balaban J connectivity index is 1.91. The van der Waals surface area contributed by atoms with Gasteiger partial charge in [-0.3, -0.25) is 4.72 Å². The maximum atomic E-state index is 13.1. The number of pyridine rings is 1. The van der Waals surface area contributed by atoms with Crippen molar-refractivity contribution in [3.05, 3.63) is 65.1 Å². The Morgan fingerprint density at radius 1 is 1.20 bits per heavy atom. The normalized spacial score (nSPS) is 16.3. The van der Waals surface area contributed by atoms with Crippen LogP contribution in [0.1, 0.15) is 76.3 Å². The van der Waals surface area contributed by atoms with Crippen molar-refractivity contribution in [3.63, 3.8) is 0 Å². The molecule has 0 fully saturated rings. The summed E-state index contributed by atoms with van der Waals surface area (Å²) < 4.78 is 34.0. The molecule has 1 aromatic carbocycles. The van der Waals surface area contributed by atoms with E-state index in [9.17, 15) is 18.3 Å². The molecule has 0 spiro atoms. The molecule has 0 bridgehead atoms. The number of nitrogens with one attached hydrogen (secondary N) is 1. The first-order valence-corrected chi connectivity index (χ1v) is 13.3. The van der Waals surface area contributed by atoms with Crippen LogP contribution < -0.4 is 4.72 Å². The van der Waals surface area contributed by atoms with E-state index in [2.05, 4.69) is 9.71 Å². The molecule has 0 saturated carbocycles. The monoisotopic (exact) mass is 497 g/mol. The lowest BCUT2D eigenvalue weighted by Crippen LogP contribution is -2.41. The van der Waals surface area contributed by atoms with Gasteiger partial charge in [-0.15, -0.1) is 0 Å². The largest absolute Gasteiger partial charge is 0.512 e. The summed E-state index contributed by atoms with van der Waals surface area (Å²) in [5.41, 5.74) is 0.772. The summed E-state index contributed by atoms with van der Waals surface area (Å²) >= 11 is 0. The number of carbonyl (C=O) groups excluding carboxylic acids is 1. The van der Waals surface area contributed by atoms with Crippen molar-refractivity contribution < 1.29 is 23.1 Å². The van der Waals surface area contributed by atoms with E-state index in [0.717, 1.165) is 12.8 Å². The van der Waals surface area contributed by atoms with Gasteiger partial charge in [0.15, 0.2) is 5.03 Å². The van der Waals surface area contributed by atoms with Gasteiger partial charge in [0.05, 0.1) is 11.1 Å². The van der Waals surface area contributed by atoms with Gasteiger partial charge in [-0.1, -0.05) is 45.7 Å². The second-order valence-electron chi connectivity index (χ2n) is 8.80. The number of aliphatic hydroxyl groups excluding tert-OH is 1. The Morgan fingerprint density at radius 2 is 1.91 bits per heavy atom. The van der Waals surface area contributed by atoms with Crippen LogP contribution in [0, 0.1) is 11.3 Å². The van der Waals surface area contributed by atoms with Gasteiger partial charge in [-0.2, -0.15) is 13.7 Å². The second-order valence-corrected chi connectivity index (χ2v) is 10.4. The van der Waals surface area contributed by atoms with Gasteiger partial charge >= 0.3 is 5.97 Å². The van der Waals surface area contributed by atoms with E-state index in [1.54, 1.807) is 24.3 Å². The van der Waals surface area contributed by atoms with Gasteiger partial charge < -0.3 is 9.84 Å². The minimum absolute atomic E-state index is 0.0442. The van der Waals surface area contributed by atoms with Crippen LogP contribution in [0.5, 0.6) is 0 Å². The zero-order valence-electron chi connectivity index (χ0n) is 20.2. The third kappa shape index (κ3) is 5.82. The topological polar surface area (TPSA) is 129 Å². The summed E-state index contributed by atoms with van der Waals surface area (Å²) in [5.74, 6) is -0.931. The first-order chi connectivity index (χ1) is 16.7. The lowest BCUT2D eigenvalue weighted by molar-refractivity contribution is -0.161. The number of benzene rings is 1. The van der Waals surface area contributed by atoms with Crippen LogP contribution >= 0.6 is 0 Å². The molecule has 1 aliphatic heterocycles. The maximum absolute atomic E-state index is 13.1. The highest BCUT2D eigenvalue weighted by Gasteiger charge is 2.42. The molecule has 0 unspecified atom stereocenters. The van der Waals surface area contributed by atoms with E-state index in [-0.39, 0.29) is 28.3 Å². The summed E-state index contributed by atoms with van der Waals surface area (Å²) in [6.45, 7) is 5.95. The summed E-state index contributed by atoms with van der Waals surface area (Å²) in [6, 6.07) is 11.3. The number of anilines is 1. The van der Waals surface area contributed by atoms with Crippen molar-refractivity contribution in [2.45, 2.75) is 75.8 Å². The van der Waals surface area contributed by atoms with Crippen LogP contribution in [0.4, 0.5) is 5.69 Å². The van der Waals surface area contributed by atoms with E-state index in [1.165, 1.54) is 18.3 Å². The van der Waals surface area contributed by atoms with Crippen molar-refractivity contribution in [2.75, 3.05) is 4.72 Å². The molecule has 0 saturated heterocycles. The van der Waals surface area contributed by atoms with Gasteiger partial charge in [-0.05, 0) is 49.1 Å². The quantitative estimate of drug-likeness (QED) is 0.423. The predicted molar refractivity (Wildman–Crippen MR) is 132 cm³/mol. The lowest BCUT2D eigenvalue weighted by atomic mass is 9.80. The fourth-order valence-electron chi connectivity index (χ4n) is 4.70. The number of cyclic esters (lactones) is 1. The summed E-state index contributed by atoms with van der Waals surface area (Å²) in [6.07, 6.45) is 5.02. The zero-order valence-corrected chi connectivity index (χ0v) is 21.1. The van der Waals surface area contributed by atoms with Crippen LogP contribution in [0.3, 0.4) is 0 Å². The standard InChI is InChI=1S/C26H31N3O5S/c1-4-12-26(13-5-2)15-22(30)24(25(31)34-26)21(6-3)19-8-7-9-20(14-19)29-35(32,33)23-11-10-18(16-27)17-28-23/h7-11,14,17,21,29-30H,4-6,12-13,15H2,1-3H3/t21-/m0/s1. The first kappa shape index (κ1) is 26.2. The van der Waals surface area contributed by atoms with E-state index in [1.807, 2.05) is 26.8 Å². The number of aliphatic hydroxyl groups is 1. The number of sulfonamides is 1. The average molecular weight is 498 g/mol. The molecule has 1 atom stereocenters. The van der Waals surface area contributed by atoms with E-state index in [0.29, 0.717) is 30.5 Å². The molecule has 0 aliphatic carbocycles. The van der Waals surface area contributed by atoms with Crippen LogP contribution in [-0.2, 0) is 19.6 Å². The Labute approximate surface area is 206 Å². The SMILES string of the molecule is CCCC1(CCC)CC(O)=C([C@@H](CC)c2cccc(NS(=O)(=O)c3ccc(C#N)cn3)c2)C(=O)O1. The van der Waals surface area contributed by atoms with Crippen molar-refractivity contribution in [2.24, 2.45) is 0 Å². The highest BCUT2D eigenvalue weighted by Crippen LogP contribution is 2.42. The van der Waals surface area contributed by atoms with Crippen molar-refractivity contribution in [1.82, 2.24) is 4.98 Å². The number of hydrogen-bond donors (Lipinski definition) is 2. The Hall–Kier alpha value is -3.38. The third-order valence-electron chi connectivity index (χ3n) is 6.18. The lowest BCUT2D eigenvalue weighted by Gasteiger charge is -2.38. The average Bonchev–Trinajstić information content (AvgIpc) is 2.81. The number of aromatic nitrogens is 1. The smallest absolute Gasteiger partial charge is 0.338 e. The minimum atomic E-state index is -3.99. The third-order valence-corrected chi connectivity index (χ3v) is 7.48. The van der Waals surface area contributed by atoms with E-state index >= 15 is 0 Å². The number of ether oxygens (including phenoxy) is 1. The highest BCUT2D eigenvalue weighted by molar-refractivity contribution is 7.92. The van der Waals surface area contributed by atoms with E-state index < -0.39 is 27.5 Å². The summed E-state index contributed by atoms with van der Waals surface area (Å²) in [5, 5.41) is 19.6. The maximum Gasteiger partial charge on any atom is 0.338 e. The van der Waals surface area contributed by atoms with Crippen LogP contribution in [0.25, 0.3) is 0 Å². The molecular formula is C26H31N3O5S. The molecule has 186 valence electrons. The first-order valence-electron chi connectivity index (χ1n) is 11.8.